The van der Waals surface area contributed by atoms with E-state index in [1.165, 1.54) is 10.6 Å². The van der Waals surface area contributed by atoms with Gasteiger partial charge in [-0.05, 0) is 36.8 Å². The monoisotopic (exact) mass is 409 g/mol. The molecule has 4 rings (SSSR count). The molecule has 160 valence electrons. The number of hydrogen-bond donors (Lipinski definition) is 2. The number of carbonyl (C=O) groups is 2. The number of anilines is 1. The van der Waals surface area contributed by atoms with Crippen LogP contribution in [0, 0.1) is 23.7 Å². The fourth-order valence-corrected chi connectivity index (χ4v) is 5.00. The second kappa shape index (κ2) is 8.90. The number of aliphatic imine (C=N–C) groups is 1. The van der Waals surface area contributed by atoms with Crippen LogP contribution in [0.1, 0.15) is 12.8 Å². The summed E-state index contributed by atoms with van der Waals surface area (Å²) in [7, 11) is 3.81. The summed E-state index contributed by atoms with van der Waals surface area (Å²) in [5.41, 5.74) is 1.18. The second-order valence-corrected chi connectivity index (χ2v) is 8.36. The maximum Gasteiger partial charge on any atom is 0.233 e. The van der Waals surface area contributed by atoms with E-state index in [0.29, 0.717) is 19.5 Å². The Hall–Kier alpha value is -2.83. The van der Waals surface area contributed by atoms with E-state index >= 15 is 0 Å². The van der Waals surface area contributed by atoms with Gasteiger partial charge in [-0.3, -0.25) is 19.5 Å². The average molecular weight is 410 g/mol. The molecule has 1 aliphatic heterocycles. The van der Waals surface area contributed by atoms with Crippen LogP contribution in [-0.4, -0.2) is 62.9 Å². The molecule has 1 saturated heterocycles. The third-order valence-electron chi connectivity index (χ3n) is 6.57. The highest BCUT2D eigenvalue weighted by Crippen LogP contribution is 2.52. The van der Waals surface area contributed by atoms with E-state index in [0.717, 1.165) is 25.5 Å². The summed E-state index contributed by atoms with van der Waals surface area (Å²) in [6, 6.07) is 10.2. The average Bonchev–Trinajstić information content (AvgIpc) is 3.45. The molecule has 2 amide bonds. The highest BCUT2D eigenvalue weighted by atomic mass is 16.2. The molecule has 4 unspecified atom stereocenters. The number of rotatable bonds is 8. The summed E-state index contributed by atoms with van der Waals surface area (Å²) in [5.74, 6) is 1.15. The molecule has 1 aromatic rings. The summed E-state index contributed by atoms with van der Waals surface area (Å²) in [6.07, 6.45) is 5.95. The molecule has 0 radical (unpaired) electrons. The van der Waals surface area contributed by atoms with Gasteiger partial charge in [0.25, 0.3) is 0 Å². The van der Waals surface area contributed by atoms with E-state index < -0.39 is 0 Å². The van der Waals surface area contributed by atoms with Crippen molar-refractivity contribution < 1.29 is 9.59 Å². The third-order valence-corrected chi connectivity index (χ3v) is 6.57. The Morgan fingerprint density at radius 1 is 1.07 bits per heavy atom. The summed E-state index contributed by atoms with van der Waals surface area (Å²) in [4.78, 5) is 33.3. The van der Waals surface area contributed by atoms with Crippen LogP contribution < -0.4 is 15.5 Å². The minimum absolute atomic E-state index is 0.0355. The Morgan fingerprint density at radius 3 is 2.33 bits per heavy atom. The van der Waals surface area contributed by atoms with Gasteiger partial charge in [0.1, 0.15) is 0 Å². The lowest BCUT2D eigenvalue weighted by Crippen LogP contribution is -2.42. The van der Waals surface area contributed by atoms with Crippen LogP contribution in [0.15, 0.2) is 47.5 Å². The lowest BCUT2D eigenvalue weighted by atomic mass is 9.85. The van der Waals surface area contributed by atoms with E-state index in [9.17, 15) is 9.59 Å². The van der Waals surface area contributed by atoms with Gasteiger partial charge in [0.15, 0.2) is 5.96 Å². The summed E-state index contributed by atoms with van der Waals surface area (Å²) in [5, 5.41) is 6.59. The minimum Gasteiger partial charge on any atom is -0.373 e. The van der Waals surface area contributed by atoms with Gasteiger partial charge in [0.05, 0.1) is 11.8 Å². The van der Waals surface area contributed by atoms with Gasteiger partial charge in [0, 0.05) is 46.0 Å². The van der Waals surface area contributed by atoms with Crippen molar-refractivity contribution in [2.45, 2.75) is 12.8 Å². The van der Waals surface area contributed by atoms with Crippen LogP contribution in [0.2, 0.25) is 0 Å². The molecule has 7 heteroatoms. The summed E-state index contributed by atoms with van der Waals surface area (Å²) >= 11 is 0. The molecule has 2 N–H and O–H groups in total. The van der Waals surface area contributed by atoms with Crippen LogP contribution in [0.5, 0.6) is 0 Å². The SMILES string of the molecule is CN=C(NCCCN1C(=O)C2C3C=CC(C3)C2C1=O)NCCN(C)c1ccccc1. The number of benzene rings is 1. The van der Waals surface area contributed by atoms with Crippen molar-refractivity contribution >= 4 is 23.5 Å². The zero-order valence-electron chi connectivity index (χ0n) is 17.8. The number of allylic oxidation sites excluding steroid dienone is 2. The highest BCUT2D eigenvalue weighted by molar-refractivity contribution is 6.06. The summed E-state index contributed by atoms with van der Waals surface area (Å²) < 4.78 is 0. The van der Waals surface area contributed by atoms with Gasteiger partial charge in [-0.1, -0.05) is 30.4 Å². The maximum atomic E-state index is 12.7. The Balaban J connectivity index is 1.16. The predicted molar refractivity (Wildman–Crippen MR) is 118 cm³/mol. The Morgan fingerprint density at radius 2 is 1.70 bits per heavy atom. The molecule has 0 aromatic heterocycles. The number of amides is 2. The number of nitrogens with one attached hydrogen (secondary N) is 2. The molecule has 1 heterocycles. The van der Waals surface area contributed by atoms with E-state index in [1.54, 1.807) is 7.05 Å². The van der Waals surface area contributed by atoms with Gasteiger partial charge < -0.3 is 15.5 Å². The number of guanidine groups is 1. The van der Waals surface area contributed by atoms with Crippen LogP contribution in [0.25, 0.3) is 0 Å². The molecule has 0 spiro atoms. The van der Waals surface area contributed by atoms with Crippen LogP contribution >= 0.6 is 0 Å². The first-order valence-corrected chi connectivity index (χ1v) is 10.8. The van der Waals surface area contributed by atoms with Crippen LogP contribution in [-0.2, 0) is 9.59 Å². The van der Waals surface area contributed by atoms with Crippen molar-refractivity contribution in [3.63, 3.8) is 0 Å². The first kappa shape index (κ1) is 20.4. The zero-order chi connectivity index (χ0) is 21.1. The smallest absolute Gasteiger partial charge is 0.233 e. The van der Waals surface area contributed by atoms with E-state index in [-0.39, 0.29) is 35.5 Å². The van der Waals surface area contributed by atoms with E-state index in [4.69, 9.17) is 0 Å². The first-order chi connectivity index (χ1) is 14.6. The van der Waals surface area contributed by atoms with Gasteiger partial charge >= 0.3 is 0 Å². The number of likely N-dealkylation sites (tertiary alicyclic amines) is 1. The number of para-hydroxylation sites is 1. The molecule has 7 nitrogen and oxygen atoms in total. The molecule has 4 atom stereocenters. The van der Waals surface area contributed by atoms with Crippen molar-refractivity contribution in [2.24, 2.45) is 28.7 Å². The van der Waals surface area contributed by atoms with Gasteiger partial charge in [-0.2, -0.15) is 0 Å². The number of likely N-dealkylation sites (N-methyl/N-ethyl adjacent to an activating group) is 1. The number of carbonyl (C=O) groups excluding carboxylic acids is 2. The van der Waals surface area contributed by atoms with Crippen molar-refractivity contribution in [3.8, 4) is 0 Å². The predicted octanol–water partition coefficient (Wildman–Crippen LogP) is 1.49. The molecular weight excluding hydrogens is 378 g/mol. The van der Waals surface area contributed by atoms with Gasteiger partial charge in [-0.25, -0.2) is 0 Å². The van der Waals surface area contributed by atoms with Gasteiger partial charge in [-0.15, -0.1) is 0 Å². The number of fused-ring (bicyclic) bond motifs is 5. The van der Waals surface area contributed by atoms with Crippen molar-refractivity contribution in [1.82, 2.24) is 15.5 Å². The normalized spacial score (nSPS) is 27.0. The molecule has 1 aromatic carbocycles. The van der Waals surface area contributed by atoms with Crippen LogP contribution in [0.4, 0.5) is 5.69 Å². The van der Waals surface area contributed by atoms with Crippen molar-refractivity contribution in [1.29, 1.82) is 0 Å². The Labute approximate surface area is 178 Å². The molecule has 3 aliphatic rings. The lowest BCUT2D eigenvalue weighted by Gasteiger charge is -2.21. The fraction of sp³-hybridized carbons (Fsp3) is 0.522. The standard InChI is InChI=1S/C23H31N5O2/c1-24-23(26-12-14-27(2)18-7-4-3-5-8-18)25-11-6-13-28-21(29)19-16-9-10-17(15-16)20(19)22(28)30/h3-5,7-10,16-17,19-20H,6,11-15H2,1-2H3,(H2,24,25,26). The second-order valence-electron chi connectivity index (χ2n) is 8.36. The highest BCUT2D eigenvalue weighted by Gasteiger charge is 2.58. The zero-order valence-corrected chi connectivity index (χ0v) is 17.8. The maximum absolute atomic E-state index is 12.7. The Bertz CT molecular complexity index is 807. The van der Waals surface area contributed by atoms with Crippen LogP contribution in [0.3, 0.4) is 0 Å². The molecule has 30 heavy (non-hydrogen) atoms. The Kier molecular flexibility index (Phi) is 6.06. The molecule has 2 bridgehead atoms. The number of nitrogens with zero attached hydrogens (tertiary/aromatic N) is 3. The molecular formula is C23H31N5O2. The van der Waals surface area contributed by atoms with Gasteiger partial charge in [0.2, 0.25) is 11.8 Å². The molecule has 2 fully saturated rings. The van der Waals surface area contributed by atoms with E-state index in [2.05, 4.69) is 51.9 Å². The van der Waals surface area contributed by atoms with E-state index in [1.807, 2.05) is 18.2 Å². The lowest BCUT2D eigenvalue weighted by molar-refractivity contribution is -0.140. The summed E-state index contributed by atoms with van der Waals surface area (Å²) in [6.45, 7) is 2.74. The number of hydrogen-bond acceptors (Lipinski definition) is 4. The van der Waals surface area contributed by atoms with Crippen molar-refractivity contribution in [2.75, 3.05) is 45.2 Å². The molecule has 1 saturated carbocycles. The third kappa shape index (κ3) is 3.93. The quantitative estimate of drug-likeness (QED) is 0.224. The molecule has 2 aliphatic carbocycles. The topological polar surface area (TPSA) is 77.0 Å². The minimum atomic E-state index is -0.100. The number of imide groups is 1. The largest absolute Gasteiger partial charge is 0.373 e. The van der Waals surface area contributed by atoms with Crippen molar-refractivity contribution in [3.05, 3.63) is 42.5 Å². The fourth-order valence-electron chi connectivity index (χ4n) is 5.00. The first-order valence-electron chi connectivity index (χ1n) is 10.8.